The molecule has 1 rings (SSSR count). The molecular weight excluding hydrogens is 154 g/mol. The molecular formula is C9H17NO2. The van der Waals surface area contributed by atoms with Gasteiger partial charge in [0.05, 0.1) is 6.61 Å². The number of hydrogen-bond acceptors (Lipinski definition) is 3. The van der Waals surface area contributed by atoms with E-state index in [2.05, 4.69) is 4.74 Å². The molecule has 0 unspecified atom stereocenters. The van der Waals surface area contributed by atoms with Crippen molar-refractivity contribution in [2.45, 2.75) is 32.1 Å². The first-order valence-corrected chi connectivity index (χ1v) is 4.58. The lowest BCUT2D eigenvalue weighted by atomic mass is 9.83. The van der Waals surface area contributed by atoms with Gasteiger partial charge in [-0.25, -0.2) is 0 Å². The zero-order valence-corrected chi connectivity index (χ0v) is 7.42. The van der Waals surface area contributed by atoms with Crippen molar-refractivity contribution in [1.82, 2.24) is 0 Å². The first kappa shape index (κ1) is 9.52. The average Bonchev–Trinajstić information content (AvgIpc) is 2.55. The number of ether oxygens (including phenoxy) is 1. The van der Waals surface area contributed by atoms with Gasteiger partial charge in [-0.1, -0.05) is 12.8 Å². The van der Waals surface area contributed by atoms with E-state index in [1.54, 1.807) is 0 Å². The molecule has 3 heteroatoms. The Hall–Kier alpha value is -0.570. The van der Waals surface area contributed by atoms with Gasteiger partial charge >= 0.3 is 0 Å². The minimum Gasteiger partial charge on any atom is -0.468 e. The zero-order valence-electron chi connectivity index (χ0n) is 7.42. The fraction of sp³-hybridized carbons (Fsp3) is 0.889. The van der Waals surface area contributed by atoms with E-state index in [0.717, 1.165) is 13.0 Å². The average molecular weight is 171 g/mol. The van der Waals surface area contributed by atoms with Crippen molar-refractivity contribution in [3.63, 3.8) is 0 Å². The molecule has 0 aromatic heterocycles. The Balaban J connectivity index is 2.28. The van der Waals surface area contributed by atoms with Crippen LogP contribution >= 0.6 is 0 Å². The fourth-order valence-corrected chi connectivity index (χ4v) is 2.00. The second-order valence-electron chi connectivity index (χ2n) is 3.63. The highest BCUT2D eigenvalue weighted by Gasteiger charge is 2.31. The second kappa shape index (κ2) is 4.45. The molecule has 0 saturated heterocycles. The molecule has 0 spiro atoms. The highest BCUT2D eigenvalue weighted by molar-refractivity contribution is 5.36. The molecule has 0 aliphatic heterocycles. The van der Waals surface area contributed by atoms with E-state index in [9.17, 15) is 4.79 Å². The number of rotatable bonds is 5. The standard InChI is InChI=1S/C9H17NO2/c10-7-9(3-1-2-4-9)5-6-12-8-11/h8H,1-7,10H2. The van der Waals surface area contributed by atoms with Gasteiger partial charge < -0.3 is 10.5 Å². The topological polar surface area (TPSA) is 52.3 Å². The van der Waals surface area contributed by atoms with Crippen LogP contribution in [0.5, 0.6) is 0 Å². The normalized spacial score (nSPS) is 20.8. The van der Waals surface area contributed by atoms with Gasteiger partial charge in [0, 0.05) is 0 Å². The highest BCUT2D eigenvalue weighted by Crippen LogP contribution is 2.39. The Labute approximate surface area is 73.3 Å². The van der Waals surface area contributed by atoms with Crippen molar-refractivity contribution in [3.8, 4) is 0 Å². The van der Waals surface area contributed by atoms with Crippen molar-refractivity contribution in [2.75, 3.05) is 13.2 Å². The Bertz CT molecular complexity index is 141. The number of nitrogens with two attached hydrogens (primary N) is 1. The van der Waals surface area contributed by atoms with Crippen LogP contribution in [0.25, 0.3) is 0 Å². The van der Waals surface area contributed by atoms with Crippen LogP contribution in [0.1, 0.15) is 32.1 Å². The Morgan fingerprint density at radius 1 is 1.42 bits per heavy atom. The molecule has 1 aliphatic carbocycles. The van der Waals surface area contributed by atoms with Crippen molar-refractivity contribution >= 4 is 6.47 Å². The maximum absolute atomic E-state index is 9.92. The maximum atomic E-state index is 9.92. The van der Waals surface area contributed by atoms with Crippen LogP contribution in [-0.4, -0.2) is 19.6 Å². The van der Waals surface area contributed by atoms with Gasteiger partial charge in [0.2, 0.25) is 0 Å². The summed E-state index contributed by atoms with van der Waals surface area (Å²) in [5.41, 5.74) is 5.99. The summed E-state index contributed by atoms with van der Waals surface area (Å²) in [6, 6.07) is 0. The second-order valence-corrected chi connectivity index (χ2v) is 3.63. The lowest BCUT2D eigenvalue weighted by Crippen LogP contribution is -2.28. The molecule has 1 aliphatic rings. The predicted molar refractivity (Wildman–Crippen MR) is 46.6 cm³/mol. The summed E-state index contributed by atoms with van der Waals surface area (Å²) in [6.07, 6.45) is 5.89. The largest absolute Gasteiger partial charge is 0.468 e. The van der Waals surface area contributed by atoms with E-state index in [1.807, 2.05) is 0 Å². The zero-order chi connectivity index (χ0) is 8.86. The molecule has 0 amide bonds. The Morgan fingerprint density at radius 3 is 2.58 bits per heavy atom. The van der Waals surface area contributed by atoms with Gasteiger partial charge in [-0.05, 0) is 31.2 Å². The summed E-state index contributed by atoms with van der Waals surface area (Å²) >= 11 is 0. The summed E-state index contributed by atoms with van der Waals surface area (Å²) in [6.45, 7) is 1.77. The summed E-state index contributed by atoms with van der Waals surface area (Å²) in [5, 5.41) is 0. The molecule has 12 heavy (non-hydrogen) atoms. The lowest BCUT2D eigenvalue weighted by Gasteiger charge is -2.26. The minimum absolute atomic E-state index is 0.281. The van der Waals surface area contributed by atoms with E-state index >= 15 is 0 Å². The molecule has 3 nitrogen and oxygen atoms in total. The monoisotopic (exact) mass is 171 g/mol. The predicted octanol–water partition coefficient (Wildman–Crippen LogP) is 1.07. The molecule has 0 heterocycles. The van der Waals surface area contributed by atoms with Crippen LogP contribution < -0.4 is 5.73 Å². The summed E-state index contributed by atoms with van der Waals surface area (Å²) in [5.74, 6) is 0. The molecule has 0 aromatic carbocycles. The van der Waals surface area contributed by atoms with Gasteiger partial charge in [-0.15, -0.1) is 0 Å². The third-order valence-electron chi connectivity index (χ3n) is 2.92. The molecule has 2 N–H and O–H groups in total. The smallest absolute Gasteiger partial charge is 0.293 e. The lowest BCUT2D eigenvalue weighted by molar-refractivity contribution is -0.129. The van der Waals surface area contributed by atoms with Crippen molar-refractivity contribution < 1.29 is 9.53 Å². The van der Waals surface area contributed by atoms with Crippen molar-refractivity contribution in [1.29, 1.82) is 0 Å². The molecule has 70 valence electrons. The fourth-order valence-electron chi connectivity index (χ4n) is 2.00. The van der Waals surface area contributed by atoms with Crippen molar-refractivity contribution in [2.24, 2.45) is 11.1 Å². The highest BCUT2D eigenvalue weighted by atomic mass is 16.5. The molecule has 1 fully saturated rings. The quantitative estimate of drug-likeness (QED) is 0.497. The third kappa shape index (κ3) is 2.21. The molecule has 0 atom stereocenters. The van der Waals surface area contributed by atoms with Crippen LogP contribution in [0.2, 0.25) is 0 Å². The van der Waals surface area contributed by atoms with E-state index in [0.29, 0.717) is 13.1 Å². The Morgan fingerprint density at radius 2 is 2.08 bits per heavy atom. The minimum atomic E-state index is 0.281. The van der Waals surface area contributed by atoms with Crippen LogP contribution in [0.3, 0.4) is 0 Å². The van der Waals surface area contributed by atoms with E-state index in [-0.39, 0.29) is 5.41 Å². The number of carbonyl (C=O) groups is 1. The molecule has 0 bridgehead atoms. The van der Waals surface area contributed by atoms with Gasteiger partial charge in [0.1, 0.15) is 0 Å². The van der Waals surface area contributed by atoms with Gasteiger partial charge in [-0.2, -0.15) is 0 Å². The van der Waals surface area contributed by atoms with Crippen molar-refractivity contribution in [3.05, 3.63) is 0 Å². The van der Waals surface area contributed by atoms with E-state index < -0.39 is 0 Å². The number of carbonyl (C=O) groups excluding carboxylic acids is 1. The third-order valence-corrected chi connectivity index (χ3v) is 2.92. The summed E-state index contributed by atoms with van der Waals surface area (Å²) in [7, 11) is 0. The first-order valence-electron chi connectivity index (χ1n) is 4.58. The van der Waals surface area contributed by atoms with E-state index in [1.165, 1.54) is 25.7 Å². The van der Waals surface area contributed by atoms with Crippen LogP contribution in [-0.2, 0) is 9.53 Å². The summed E-state index contributed by atoms with van der Waals surface area (Å²) in [4.78, 5) is 9.92. The van der Waals surface area contributed by atoms with E-state index in [4.69, 9.17) is 5.73 Å². The Kier molecular flexibility index (Phi) is 3.53. The molecule has 0 radical (unpaired) electrons. The summed E-state index contributed by atoms with van der Waals surface area (Å²) < 4.78 is 4.69. The van der Waals surface area contributed by atoms with Crippen LogP contribution in [0.4, 0.5) is 0 Å². The van der Waals surface area contributed by atoms with Crippen LogP contribution in [0.15, 0.2) is 0 Å². The van der Waals surface area contributed by atoms with Crippen LogP contribution in [0, 0.1) is 5.41 Å². The number of hydrogen-bond donors (Lipinski definition) is 1. The van der Waals surface area contributed by atoms with Gasteiger partial charge in [0.15, 0.2) is 0 Å². The van der Waals surface area contributed by atoms with Gasteiger partial charge in [-0.3, -0.25) is 4.79 Å². The first-order chi connectivity index (χ1) is 5.83. The van der Waals surface area contributed by atoms with Gasteiger partial charge in [0.25, 0.3) is 6.47 Å². The molecule has 0 aromatic rings. The SMILES string of the molecule is NCC1(CCOC=O)CCCC1. The maximum Gasteiger partial charge on any atom is 0.293 e. The molecule has 1 saturated carbocycles.